The highest BCUT2D eigenvalue weighted by Crippen LogP contribution is 2.16. The summed E-state index contributed by atoms with van der Waals surface area (Å²) < 4.78 is 1.72. The second kappa shape index (κ2) is 6.16. The average molecular weight is 302 g/mol. The van der Waals surface area contributed by atoms with Crippen molar-refractivity contribution in [1.82, 2.24) is 9.78 Å². The van der Waals surface area contributed by atoms with Gasteiger partial charge in [-0.25, -0.2) is 4.68 Å². The monoisotopic (exact) mass is 302 g/mol. The molecule has 5 nitrogen and oxygen atoms in total. The Bertz CT molecular complexity index is 891. The van der Waals surface area contributed by atoms with Gasteiger partial charge in [-0.1, -0.05) is 24.3 Å². The van der Waals surface area contributed by atoms with E-state index in [1.807, 2.05) is 43.3 Å². The molecule has 0 atom stereocenters. The standard InChI is InChI=1S/C18H14N4O/c1-13-17(12-20-22(13)16-8-3-2-4-9-16)18(23)21-15-7-5-6-14(10-15)11-19/h2-10,12H,1H3,(H,21,23). The molecule has 3 rings (SSSR count). The molecule has 112 valence electrons. The molecule has 0 aliphatic carbocycles. The Morgan fingerprint density at radius 3 is 2.70 bits per heavy atom. The van der Waals surface area contributed by atoms with Gasteiger partial charge in [0.05, 0.1) is 34.8 Å². The third-order valence-corrected chi connectivity index (χ3v) is 3.50. The molecule has 1 N–H and O–H groups in total. The first-order valence-corrected chi connectivity index (χ1v) is 7.10. The number of benzene rings is 2. The van der Waals surface area contributed by atoms with Crippen LogP contribution in [0.4, 0.5) is 5.69 Å². The number of anilines is 1. The Balaban J connectivity index is 1.86. The molecule has 1 heterocycles. The molecule has 0 saturated carbocycles. The molecule has 0 radical (unpaired) electrons. The summed E-state index contributed by atoms with van der Waals surface area (Å²) in [5, 5.41) is 16.0. The number of carbonyl (C=O) groups excluding carboxylic acids is 1. The first-order valence-electron chi connectivity index (χ1n) is 7.10. The molecule has 1 amide bonds. The van der Waals surface area contributed by atoms with Gasteiger partial charge in [-0.05, 0) is 37.3 Å². The van der Waals surface area contributed by atoms with Crippen molar-refractivity contribution in [3.05, 3.63) is 77.6 Å². The Morgan fingerprint density at radius 2 is 1.96 bits per heavy atom. The number of rotatable bonds is 3. The fraction of sp³-hybridized carbons (Fsp3) is 0.0556. The van der Waals surface area contributed by atoms with E-state index in [0.717, 1.165) is 11.4 Å². The minimum atomic E-state index is -0.250. The van der Waals surface area contributed by atoms with Crippen molar-refractivity contribution in [1.29, 1.82) is 5.26 Å². The highest BCUT2D eigenvalue weighted by Gasteiger charge is 2.15. The van der Waals surface area contributed by atoms with E-state index < -0.39 is 0 Å². The quantitative estimate of drug-likeness (QED) is 0.807. The Kier molecular flexibility index (Phi) is 3.89. The van der Waals surface area contributed by atoms with Gasteiger partial charge in [0.15, 0.2) is 0 Å². The van der Waals surface area contributed by atoms with E-state index >= 15 is 0 Å². The van der Waals surface area contributed by atoms with Crippen molar-refractivity contribution in [2.75, 3.05) is 5.32 Å². The van der Waals surface area contributed by atoms with Crippen LogP contribution in [-0.2, 0) is 0 Å². The summed E-state index contributed by atoms with van der Waals surface area (Å²) in [5.41, 5.74) is 3.23. The number of nitrogens with zero attached hydrogens (tertiary/aromatic N) is 3. The van der Waals surface area contributed by atoms with E-state index in [1.54, 1.807) is 35.1 Å². The second-order valence-corrected chi connectivity index (χ2v) is 5.04. The van der Waals surface area contributed by atoms with Crippen LogP contribution in [0.15, 0.2) is 60.8 Å². The maximum Gasteiger partial charge on any atom is 0.259 e. The van der Waals surface area contributed by atoms with E-state index in [1.165, 1.54) is 0 Å². The zero-order chi connectivity index (χ0) is 16.2. The molecule has 0 bridgehead atoms. The molecule has 0 aliphatic heterocycles. The van der Waals surface area contributed by atoms with Crippen LogP contribution in [-0.4, -0.2) is 15.7 Å². The topological polar surface area (TPSA) is 70.7 Å². The normalized spacial score (nSPS) is 10.1. The van der Waals surface area contributed by atoms with Gasteiger partial charge in [0, 0.05) is 5.69 Å². The molecular weight excluding hydrogens is 288 g/mol. The molecule has 0 unspecified atom stereocenters. The number of hydrogen-bond donors (Lipinski definition) is 1. The number of amides is 1. The van der Waals surface area contributed by atoms with Crippen LogP contribution in [0.2, 0.25) is 0 Å². The van der Waals surface area contributed by atoms with Crippen LogP contribution in [0.5, 0.6) is 0 Å². The summed E-state index contributed by atoms with van der Waals surface area (Å²) >= 11 is 0. The molecule has 0 spiro atoms. The van der Waals surface area contributed by atoms with Crippen molar-refractivity contribution in [2.45, 2.75) is 6.92 Å². The van der Waals surface area contributed by atoms with E-state index in [0.29, 0.717) is 16.8 Å². The smallest absolute Gasteiger partial charge is 0.259 e. The Hall–Kier alpha value is -3.39. The van der Waals surface area contributed by atoms with Gasteiger partial charge in [-0.3, -0.25) is 4.79 Å². The fourth-order valence-corrected chi connectivity index (χ4v) is 2.33. The van der Waals surface area contributed by atoms with Gasteiger partial charge in [0.2, 0.25) is 0 Å². The Labute approximate surface area is 133 Å². The van der Waals surface area contributed by atoms with Crippen LogP contribution < -0.4 is 5.32 Å². The lowest BCUT2D eigenvalue weighted by atomic mass is 10.2. The van der Waals surface area contributed by atoms with E-state index in [-0.39, 0.29) is 5.91 Å². The summed E-state index contributed by atoms with van der Waals surface area (Å²) in [6, 6.07) is 18.5. The molecular formula is C18H14N4O. The lowest BCUT2D eigenvalue weighted by molar-refractivity contribution is 0.102. The highest BCUT2D eigenvalue weighted by molar-refractivity contribution is 6.05. The minimum absolute atomic E-state index is 0.250. The van der Waals surface area contributed by atoms with E-state index in [4.69, 9.17) is 5.26 Å². The largest absolute Gasteiger partial charge is 0.322 e. The van der Waals surface area contributed by atoms with E-state index in [2.05, 4.69) is 10.4 Å². The fourth-order valence-electron chi connectivity index (χ4n) is 2.33. The summed E-state index contributed by atoms with van der Waals surface area (Å²) in [5.74, 6) is -0.250. The number of carbonyl (C=O) groups is 1. The molecule has 1 aromatic heterocycles. The zero-order valence-corrected chi connectivity index (χ0v) is 12.5. The summed E-state index contributed by atoms with van der Waals surface area (Å²) in [6.45, 7) is 1.85. The van der Waals surface area contributed by atoms with Crippen molar-refractivity contribution in [3.8, 4) is 11.8 Å². The third-order valence-electron chi connectivity index (χ3n) is 3.50. The van der Waals surface area contributed by atoms with Gasteiger partial charge < -0.3 is 5.32 Å². The predicted molar refractivity (Wildman–Crippen MR) is 87.4 cm³/mol. The molecule has 2 aromatic carbocycles. The molecule has 3 aromatic rings. The number of nitriles is 1. The first kappa shape index (κ1) is 14.5. The Morgan fingerprint density at radius 1 is 1.17 bits per heavy atom. The van der Waals surface area contributed by atoms with Crippen LogP contribution in [0, 0.1) is 18.3 Å². The van der Waals surface area contributed by atoms with Crippen molar-refractivity contribution < 1.29 is 4.79 Å². The number of nitrogens with one attached hydrogen (secondary N) is 1. The average Bonchev–Trinajstić information content (AvgIpc) is 2.97. The first-order chi connectivity index (χ1) is 11.2. The molecule has 23 heavy (non-hydrogen) atoms. The number of hydrogen-bond acceptors (Lipinski definition) is 3. The van der Waals surface area contributed by atoms with Gasteiger partial charge in [0.25, 0.3) is 5.91 Å². The van der Waals surface area contributed by atoms with E-state index in [9.17, 15) is 4.79 Å². The van der Waals surface area contributed by atoms with Crippen molar-refractivity contribution in [2.24, 2.45) is 0 Å². The van der Waals surface area contributed by atoms with Crippen LogP contribution in [0.1, 0.15) is 21.6 Å². The van der Waals surface area contributed by atoms with Crippen molar-refractivity contribution in [3.63, 3.8) is 0 Å². The SMILES string of the molecule is Cc1c(C(=O)Nc2cccc(C#N)c2)cnn1-c1ccccc1. The number of para-hydroxylation sites is 1. The van der Waals surface area contributed by atoms with Gasteiger partial charge in [0.1, 0.15) is 0 Å². The van der Waals surface area contributed by atoms with Crippen LogP contribution in [0.3, 0.4) is 0 Å². The maximum atomic E-state index is 12.4. The van der Waals surface area contributed by atoms with Crippen LogP contribution in [0.25, 0.3) is 5.69 Å². The predicted octanol–water partition coefficient (Wildman–Crippen LogP) is 3.30. The van der Waals surface area contributed by atoms with Gasteiger partial charge in [-0.2, -0.15) is 10.4 Å². The lowest BCUT2D eigenvalue weighted by Gasteiger charge is -2.06. The number of aromatic nitrogens is 2. The molecule has 0 fully saturated rings. The summed E-state index contributed by atoms with van der Waals surface area (Å²) in [7, 11) is 0. The second-order valence-electron chi connectivity index (χ2n) is 5.04. The molecule has 5 heteroatoms. The zero-order valence-electron chi connectivity index (χ0n) is 12.5. The third kappa shape index (κ3) is 2.97. The summed E-state index contributed by atoms with van der Waals surface area (Å²) in [6.07, 6.45) is 1.55. The molecule has 0 saturated heterocycles. The van der Waals surface area contributed by atoms with Gasteiger partial charge in [-0.15, -0.1) is 0 Å². The van der Waals surface area contributed by atoms with Gasteiger partial charge >= 0.3 is 0 Å². The van der Waals surface area contributed by atoms with Crippen molar-refractivity contribution >= 4 is 11.6 Å². The lowest BCUT2D eigenvalue weighted by Crippen LogP contribution is -2.13. The summed E-state index contributed by atoms with van der Waals surface area (Å²) in [4.78, 5) is 12.4. The minimum Gasteiger partial charge on any atom is -0.322 e. The maximum absolute atomic E-state index is 12.4. The van der Waals surface area contributed by atoms with Crippen LogP contribution >= 0.6 is 0 Å². The highest BCUT2D eigenvalue weighted by atomic mass is 16.1. The molecule has 0 aliphatic rings.